The van der Waals surface area contributed by atoms with E-state index in [9.17, 15) is 0 Å². The van der Waals surface area contributed by atoms with Crippen molar-refractivity contribution in [2.75, 3.05) is 5.75 Å². The lowest BCUT2D eigenvalue weighted by Crippen LogP contribution is -2.23. The van der Waals surface area contributed by atoms with Crippen molar-refractivity contribution in [1.29, 1.82) is 0 Å². The Bertz CT molecular complexity index is 562. The summed E-state index contributed by atoms with van der Waals surface area (Å²) in [5, 5.41) is 1.15. The van der Waals surface area contributed by atoms with E-state index in [0.29, 0.717) is 0 Å². The quantitative estimate of drug-likeness (QED) is 0.931. The first kappa shape index (κ1) is 12.8. The number of fused-ring (bicyclic) bond motifs is 1. The monoisotopic (exact) mass is 273 g/mol. The molecule has 2 N–H and O–H groups in total. The van der Waals surface area contributed by atoms with E-state index in [4.69, 9.17) is 10.7 Å². The summed E-state index contributed by atoms with van der Waals surface area (Å²) in [6.45, 7) is 3.20. The Hall–Kier alpha value is -1.26. The molecule has 19 heavy (non-hydrogen) atoms. The summed E-state index contributed by atoms with van der Waals surface area (Å²) in [4.78, 5) is 4.82. The largest absolute Gasteiger partial charge is 0.327 e. The van der Waals surface area contributed by atoms with E-state index in [0.717, 1.165) is 36.0 Å². The Balaban J connectivity index is 2.04. The van der Waals surface area contributed by atoms with Crippen molar-refractivity contribution < 1.29 is 0 Å². The molecule has 4 heteroatoms. The first-order valence-electron chi connectivity index (χ1n) is 6.82. The molecule has 0 amide bonds. The van der Waals surface area contributed by atoms with Gasteiger partial charge in [-0.1, -0.05) is 49.0 Å². The lowest BCUT2D eigenvalue weighted by molar-refractivity contribution is 0.595. The molecule has 0 fully saturated rings. The van der Waals surface area contributed by atoms with Gasteiger partial charge >= 0.3 is 0 Å². The molecule has 0 bridgehead atoms. The minimum absolute atomic E-state index is 0.217. The Morgan fingerprint density at radius 1 is 1.37 bits per heavy atom. The third-order valence-corrected chi connectivity index (χ3v) is 4.57. The highest BCUT2D eigenvalue weighted by atomic mass is 32.2. The number of rotatable bonds is 4. The third-order valence-electron chi connectivity index (χ3n) is 3.61. The maximum absolute atomic E-state index is 6.16. The van der Waals surface area contributed by atoms with Crippen LogP contribution in [0.15, 0.2) is 35.5 Å². The van der Waals surface area contributed by atoms with E-state index in [1.54, 1.807) is 0 Å². The van der Waals surface area contributed by atoms with Gasteiger partial charge in [-0.2, -0.15) is 0 Å². The fourth-order valence-corrected chi connectivity index (χ4v) is 3.43. The predicted octanol–water partition coefficient (Wildman–Crippen LogP) is 2.94. The minimum Gasteiger partial charge on any atom is -0.327 e. The van der Waals surface area contributed by atoms with Crippen LogP contribution in [0.2, 0.25) is 0 Å². The zero-order valence-corrected chi connectivity index (χ0v) is 12.0. The van der Waals surface area contributed by atoms with Crippen LogP contribution < -0.4 is 5.73 Å². The highest BCUT2D eigenvalue weighted by Gasteiger charge is 2.23. The number of hydrogen-bond donors (Lipinski definition) is 1. The molecule has 3 nitrogen and oxygen atoms in total. The summed E-state index contributed by atoms with van der Waals surface area (Å²) < 4.78 is 2.35. The van der Waals surface area contributed by atoms with Crippen molar-refractivity contribution in [2.24, 2.45) is 5.73 Å². The molecule has 1 atom stereocenters. The molecule has 0 radical (unpaired) electrons. The summed E-state index contributed by atoms with van der Waals surface area (Å²) in [6.07, 6.45) is 1.91. The Morgan fingerprint density at radius 3 is 2.89 bits per heavy atom. The Labute approximate surface area is 118 Å². The van der Waals surface area contributed by atoms with Gasteiger partial charge in [0.05, 0.1) is 5.69 Å². The van der Waals surface area contributed by atoms with Crippen LogP contribution in [0, 0.1) is 0 Å². The predicted molar refractivity (Wildman–Crippen MR) is 80.4 cm³/mol. The molecule has 2 heterocycles. The van der Waals surface area contributed by atoms with Gasteiger partial charge in [0.25, 0.3) is 0 Å². The standard InChI is InChI=1S/C15H19N3S/c1-2-12(16)10-13-14(11-6-4-3-5-7-11)17-15-18(13)8-9-19-15/h3-7,12H,2,8-10,16H2,1H3. The first-order chi connectivity index (χ1) is 9.29. The fourth-order valence-electron chi connectivity index (χ4n) is 2.46. The highest BCUT2D eigenvalue weighted by Crippen LogP contribution is 2.33. The third kappa shape index (κ3) is 2.42. The summed E-state index contributed by atoms with van der Waals surface area (Å²) in [5.74, 6) is 1.13. The minimum atomic E-state index is 0.217. The van der Waals surface area contributed by atoms with Crippen molar-refractivity contribution in [2.45, 2.75) is 37.5 Å². The van der Waals surface area contributed by atoms with Crippen LogP contribution >= 0.6 is 11.8 Å². The Morgan fingerprint density at radius 2 is 2.16 bits per heavy atom. The number of aromatic nitrogens is 2. The van der Waals surface area contributed by atoms with Crippen LogP contribution in [0.5, 0.6) is 0 Å². The molecule has 1 aromatic carbocycles. The van der Waals surface area contributed by atoms with E-state index in [1.165, 1.54) is 11.3 Å². The van der Waals surface area contributed by atoms with E-state index in [1.807, 2.05) is 17.8 Å². The van der Waals surface area contributed by atoms with Crippen LogP contribution in [0.1, 0.15) is 19.0 Å². The van der Waals surface area contributed by atoms with E-state index >= 15 is 0 Å². The molecular weight excluding hydrogens is 254 g/mol. The smallest absolute Gasteiger partial charge is 0.168 e. The maximum atomic E-state index is 6.16. The normalized spacial score (nSPS) is 15.5. The molecule has 100 valence electrons. The zero-order valence-electron chi connectivity index (χ0n) is 11.2. The van der Waals surface area contributed by atoms with Crippen molar-refractivity contribution in [3.05, 3.63) is 36.0 Å². The number of nitrogens with zero attached hydrogens (tertiary/aromatic N) is 2. The van der Waals surface area contributed by atoms with Gasteiger partial charge in [-0.15, -0.1) is 0 Å². The molecule has 1 aliphatic rings. The molecule has 0 saturated heterocycles. The lowest BCUT2D eigenvalue weighted by Gasteiger charge is -2.12. The molecule has 0 aliphatic carbocycles. The highest BCUT2D eigenvalue weighted by molar-refractivity contribution is 7.99. The molecule has 0 saturated carbocycles. The SMILES string of the molecule is CCC(N)Cc1c(-c2ccccc2)nc2n1CCS2. The zero-order chi connectivity index (χ0) is 13.2. The van der Waals surface area contributed by atoms with E-state index < -0.39 is 0 Å². The van der Waals surface area contributed by atoms with Crippen LogP contribution in [-0.4, -0.2) is 21.3 Å². The molecule has 1 unspecified atom stereocenters. The number of benzene rings is 1. The van der Waals surface area contributed by atoms with Gasteiger partial charge in [0.15, 0.2) is 5.16 Å². The lowest BCUT2D eigenvalue weighted by atomic mass is 10.0. The van der Waals surface area contributed by atoms with Crippen LogP contribution in [0.4, 0.5) is 0 Å². The average molecular weight is 273 g/mol. The van der Waals surface area contributed by atoms with Gasteiger partial charge in [-0.3, -0.25) is 0 Å². The fraction of sp³-hybridized carbons (Fsp3) is 0.400. The molecule has 1 aromatic heterocycles. The molecule has 2 aromatic rings. The topological polar surface area (TPSA) is 43.8 Å². The number of thioether (sulfide) groups is 1. The van der Waals surface area contributed by atoms with E-state index in [2.05, 4.69) is 35.8 Å². The van der Waals surface area contributed by atoms with Crippen molar-refractivity contribution in [1.82, 2.24) is 9.55 Å². The molecule has 0 spiro atoms. The van der Waals surface area contributed by atoms with Crippen LogP contribution in [0.3, 0.4) is 0 Å². The number of hydrogen-bond acceptors (Lipinski definition) is 3. The first-order valence-corrected chi connectivity index (χ1v) is 7.81. The van der Waals surface area contributed by atoms with Crippen LogP contribution in [0.25, 0.3) is 11.3 Å². The summed E-state index contributed by atoms with van der Waals surface area (Å²) >= 11 is 1.84. The summed E-state index contributed by atoms with van der Waals surface area (Å²) in [7, 11) is 0. The molecule has 3 rings (SSSR count). The molecule has 1 aliphatic heterocycles. The maximum Gasteiger partial charge on any atom is 0.168 e. The van der Waals surface area contributed by atoms with Crippen molar-refractivity contribution in [3.63, 3.8) is 0 Å². The van der Waals surface area contributed by atoms with E-state index in [-0.39, 0.29) is 6.04 Å². The van der Waals surface area contributed by atoms with Gasteiger partial charge in [0.2, 0.25) is 0 Å². The summed E-state index contributed by atoms with van der Waals surface area (Å²) in [6, 6.07) is 10.6. The van der Waals surface area contributed by atoms with Gasteiger partial charge in [-0.05, 0) is 6.42 Å². The van der Waals surface area contributed by atoms with Gasteiger partial charge in [0, 0.05) is 36.0 Å². The van der Waals surface area contributed by atoms with Crippen molar-refractivity contribution in [3.8, 4) is 11.3 Å². The number of imidazole rings is 1. The average Bonchev–Trinajstić information content (AvgIpc) is 3.02. The second-order valence-corrected chi connectivity index (χ2v) is 5.99. The molecular formula is C15H19N3S. The van der Waals surface area contributed by atoms with Gasteiger partial charge in [-0.25, -0.2) is 4.98 Å². The second-order valence-electron chi connectivity index (χ2n) is 4.93. The Kier molecular flexibility index (Phi) is 3.62. The van der Waals surface area contributed by atoms with Crippen molar-refractivity contribution >= 4 is 11.8 Å². The number of nitrogens with two attached hydrogens (primary N) is 1. The second kappa shape index (κ2) is 5.39. The van der Waals surface area contributed by atoms with Gasteiger partial charge in [0.1, 0.15) is 0 Å². The van der Waals surface area contributed by atoms with Gasteiger partial charge < -0.3 is 10.3 Å². The van der Waals surface area contributed by atoms with Crippen LogP contribution in [-0.2, 0) is 13.0 Å². The summed E-state index contributed by atoms with van der Waals surface area (Å²) in [5.41, 5.74) is 9.78.